The van der Waals surface area contributed by atoms with Gasteiger partial charge in [0.15, 0.2) is 0 Å². The molecule has 2 N–H and O–H groups in total. The van der Waals surface area contributed by atoms with Crippen LogP contribution in [0.5, 0.6) is 0 Å². The van der Waals surface area contributed by atoms with Crippen LogP contribution in [0.15, 0.2) is 11.6 Å². The molecule has 0 bridgehead atoms. The number of rotatable bonds is 3. The highest BCUT2D eigenvalue weighted by Gasteiger charge is 2.17. The smallest absolute Gasteiger partial charge is 0.114 e. The highest BCUT2D eigenvalue weighted by molar-refractivity contribution is 7.09. The monoisotopic (exact) mass is 264 g/mol. The average Bonchev–Trinajstić information content (AvgIpc) is 2.87. The van der Waals surface area contributed by atoms with Gasteiger partial charge in [-0.05, 0) is 6.92 Å². The first-order valence-electron chi connectivity index (χ1n) is 6.08. The fourth-order valence-electron chi connectivity index (χ4n) is 1.70. The number of thiazole rings is 1. The van der Waals surface area contributed by atoms with E-state index in [1.54, 1.807) is 11.3 Å². The van der Waals surface area contributed by atoms with Crippen molar-refractivity contribution < 1.29 is 0 Å². The number of nitrogens with zero attached hydrogens (tertiary/aromatic N) is 3. The second kappa shape index (κ2) is 4.82. The predicted octanol–water partition coefficient (Wildman–Crippen LogP) is 2.45. The molecule has 0 atom stereocenters. The molecule has 2 heterocycles. The second-order valence-electron chi connectivity index (χ2n) is 5.49. The van der Waals surface area contributed by atoms with Gasteiger partial charge >= 0.3 is 0 Å². The van der Waals surface area contributed by atoms with Gasteiger partial charge in [-0.15, -0.1) is 11.3 Å². The van der Waals surface area contributed by atoms with Crippen molar-refractivity contribution in [3.63, 3.8) is 0 Å². The van der Waals surface area contributed by atoms with Crippen molar-refractivity contribution >= 4 is 11.3 Å². The molecule has 0 saturated carbocycles. The summed E-state index contributed by atoms with van der Waals surface area (Å²) >= 11 is 1.69. The average molecular weight is 264 g/mol. The van der Waals surface area contributed by atoms with Gasteiger partial charge in [0, 0.05) is 28.6 Å². The predicted molar refractivity (Wildman–Crippen MR) is 74.8 cm³/mol. The van der Waals surface area contributed by atoms with E-state index in [1.807, 2.05) is 17.8 Å². The molecule has 0 aliphatic heterocycles. The van der Waals surface area contributed by atoms with Gasteiger partial charge in [-0.1, -0.05) is 20.8 Å². The van der Waals surface area contributed by atoms with Crippen molar-refractivity contribution in [2.75, 3.05) is 0 Å². The standard InChI is InChI=1S/C13H20N4S/c1-9-10(5-14)6-15-17(9)7-12-16-11(8-18-12)13(2,3)4/h6,8H,5,7,14H2,1-4H3. The van der Waals surface area contributed by atoms with E-state index in [2.05, 4.69) is 36.2 Å². The van der Waals surface area contributed by atoms with E-state index >= 15 is 0 Å². The van der Waals surface area contributed by atoms with Crippen molar-refractivity contribution in [3.8, 4) is 0 Å². The van der Waals surface area contributed by atoms with E-state index in [-0.39, 0.29) is 5.41 Å². The summed E-state index contributed by atoms with van der Waals surface area (Å²) in [6, 6.07) is 0. The minimum atomic E-state index is 0.107. The van der Waals surface area contributed by atoms with Crippen LogP contribution in [0.2, 0.25) is 0 Å². The Morgan fingerprint density at radius 1 is 1.39 bits per heavy atom. The van der Waals surface area contributed by atoms with Gasteiger partial charge in [-0.2, -0.15) is 5.10 Å². The summed E-state index contributed by atoms with van der Waals surface area (Å²) in [6.07, 6.45) is 1.84. The van der Waals surface area contributed by atoms with E-state index in [0.717, 1.165) is 28.5 Å². The van der Waals surface area contributed by atoms with Gasteiger partial charge in [0.1, 0.15) is 5.01 Å². The molecule has 0 aromatic carbocycles. The van der Waals surface area contributed by atoms with Gasteiger partial charge < -0.3 is 5.73 Å². The summed E-state index contributed by atoms with van der Waals surface area (Å²) in [6.45, 7) is 9.85. The molecule has 98 valence electrons. The minimum absolute atomic E-state index is 0.107. The Balaban J connectivity index is 2.19. The minimum Gasteiger partial charge on any atom is -0.326 e. The summed E-state index contributed by atoms with van der Waals surface area (Å²) in [4.78, 5) is 4.68. The third-order valence-electron chi connectivity index (χ3n) is 3.03. The number of nitrogens with two attached hydrogens (primary N) is 1. The zero-order valence-electron chi connectivity index (χ0n) is 11.4. The molecule has 4 nitrogen and oxygen atoms in total. The molecule has 0 unspecified atom stereocenters. The van der Waals surface area contributed by atoms with Crippen molar-refractivity contribution in [2.24, 2.45) is 5.73 Å². The van der Waals surface area contributed by atoms with Crippen LogP contribution < -0.4 is 5.73 Å². The first kappa shape index (κ1) is 13.2. The molecule has 0 fully saturated rings. The van der Waals surface area contributed by atoms with Crippen LogP contribution in [0.3, 0.4) is 0 Å². The maximum absolute atomic E-state index is 5.65. The Kier molecular flexibility index (Phi) is 3.54. The Morgan fingerprint density at radius 3 is 2.61 bits per heavy atom. The van der Waals surface area contributed by atoms with E-state index in [4.69, 9.17) is 5.73 Å². The third kappa shape index (κ3) is 2.62. The van der Waals surface area contributed by atoms with Crippen molar-refractivity contribution in [1.82, 2.24) is 14.8 Å². The number of hydrogen-bond donors (Lipinski definition) is 1. The molecule has 0 aliphatic carbocycles. The van der Waals surface area contributed by atoms with Gasteiger partial charge in [0.25, 0.3) is 0 Å². The normalized spacial score (nSPS) is 12.1. The van der Waals surface area contributed by atoms with Gasteiger partial charge in [0.05, 0.1) is 18.4 Å². The van der Waals surface area contributed by atoms with Crippen molar-refractivity contribution in [1.29, 1.82) is 0 Å². The van der Waals surface area contributed by atoms with Crippen LogP contribution in [-0.4, -0.2) is 14.8 Å². The van der Waals surface area contributed by atoms with Crippen LogP contribution in [0.1, 0.15) is 42.7 Å². The molecule has 0 radical (unpaired) electrons. The summed E-state index contributed by atoms with van der Waals surface area (Å²) in [5.41, 5.74) is 9.13. The Hall–Kier alpha value is -1.20. The SMILES string of the molecule is Cc1c(CN)cnn1Cc1nc(C(C)(C)C)cs1. The molecule has 2 rings (SSSR count). The molecular weight excluding hydrogens is 244 g/mol. The zero-order chi connectivity index (χ0) is 13.3. The molecule has 0 amide bonds. The fraction of sp³-hybridized carbons (Fsp3) is 0.538. The van der Waals surface area contributed by atoms with Crippen molar-refractivity contribution in [3.05, 3.63) is 33.5 Å². The molecule has 0 spiro atoms. The van der Waals surface area contributed by atoms with E-state index in [9.17, 15) is 0 Å². The van der Waals surface area contributed by atoms with Crippen LogP contribution >= 0.6 is 11.3 Å². The zero-order valence-corrected chi connectivity index (χ0v) is 12.2. The van der Waals surface area contributed by atoms with Crippen LogP contribution in [0.4, 0.5) is 0 Å². The molecular formula is C13H20N4S. The quantitative estimate of drug-likeness (QED) is 0.926. The lowest BCUT2D eigenvalue weighted by Crippen LogP contribution is -2.12. The summed E-state index contributed by atoms with van der Waals surface area (Å²) in [5.74, 6) is 0. The van der Waals surface area contributed by atoms with Gasteiger partial charge in [-0.3, -0.25) is 4.68 Å². The maximum Gasteiger partial charge on any atom is 0.114 e. The summed E-state index contributed by atoms with van der Waals surface area (Å²) < 4.78 is 1.97. The first-order valence-corrected chi connectivity index (χ1v) is 6.96. The summed E-state index contributed by atoms with van der Waals surface area (Å²) in [5, 5.41) is 7.59. The van der Waals surface area contributed by atoms with Gasteiger partial charge in [-0.25, -0.2) is 4.98 Å². The van der Waals surface area contributed by atoms with Crippen LogP contribution in [0.25, 0.3) is 0 Å². The Bertz CT molecular complexity index is 533. The lowest BCUT2D eigenvalue weighted by molar-refractivity contribution is 0.567. The molecule has 0 saturated heterocycles. The molecule has 2 aromatic heterocycles. The molecule has 5 heteroatoms. The molecule has 18 heavy (non-hydrogen) atoms. The topological polar surface area (TPSA) is 56.7 Å². The van der Waals surface area contributed by atoms with E-state index in [0.29, 0.717) is 6.54 Å². The van der Waals surface area contributed by atoms with Gasteiger partial charge in [0.2, 0.25) is 0 Å². The lowest BCUT2D eigenvalue weighted by Gasteiger charge is -2.14. The molecule has 0 aliphatic rings. The Labute approximate surface area is 112 Å². The third-order valence-corrected chi connectivity index (χ3v) is 3.86. The first-order chi connectivity index (χ1) is 8.41. The van der Waals surface area contributed by atoms with Crippen LogP contribution in [0, 0.1) is 6.92 Å². The van der Waals surface area contributed by atoms with Crippen molar-refractivity contribution in [2.45, 2.75) is 46.2 Å². The summed E-state index contributed by atoms with van der Waals surface area (Å²) in [7, 11) is 0. The highest BCUT2D eigenvalue weighted by Crippen LogP contribution is 2.24. The van der Waals surface area contributed by atoms with E-state index < -0.39 is 0 Å². The largest absolute Gasteiger partial charge is 0.326 e. The number of hydrogen-bond acceptors (Lipinski definition) is 4. The fourth-order valence-corrected chi connectivity index (χ4v) is 2.70. The number of aromatic nitrogens is 3. The Morgan fingerprint density at radius 2 is 2.11 bits per heavy atom. The second-order valence-corrected chi connectivity index (χ2v) is 6.44. The molecule has 2 aromatic rings. The van der Waals surface area contributed by atoms with Crippen LogP contribution in [-0.2, 0) is 18.5 Å². The lowest BCUT2D eigenvalue weighted by atomic mass is 9.93. The van der Waals surface area contributed by atoms with E-state index in [1.165, 1.54) is 0 Å². The maximum atomic E-state index is 5.65. The highest BCUT2D eigenvalue weighted by atomic mass is 32.1.